The van der Waals surface area contributed by atoms with Gasteiger partial charge in [-0.2, -0.15) is 5.10 Å². The molecular formula is C17H26N4O2. The first-order valence-corrected chi connectivity index (χ1v) is 8.63. The lowest BCUT2D eigenvalue weighted by molar-refractivity contribution is -0.139. The molecule has 2 fully saturated rings. The third-order valence-electron chi connectivity index (χ3n) is 5.29. The van der Waals surface area contributed by atoms with Gasteiger partial charge in [0.25, 0.3) is 0 Å². The van der Waals surface area contributed by atoms with Crippen LogP contribution in [-0.2, 0) is 9.59 Å². The second kappa shape index (κ2) is 6.72. The summed E-state index contributed by atoms with van der Waals surface area (Å²) < 4.78 is 2.00. The third kappa shape index (κ3) is 3.57. The Morgan fingerprint density at radius 3 is 2.48 bits per heavy atom. The number of nitrogens with two attached hydrogens (primary N) is 1. The van der Waals surface area contributed by atoms with Crippen LogP contribution in [0.4, 0.5) is 0 Å². The normalized spacial score (nSPS) is 28.6. The topological polar surface area (TPSA) is 81.2 Å². The molecule has 1 saturated carbocycles. The largest absolute Gasteiger partial charge is 0.369 e. The quantitative estimate of drug-likeness (QED) is 0.920. The summed E-state index contributed by atoms with van der Waals surface area (Å²) in [7, 11) is 0. The predicted molar refractivity (Wildman–Crippen MR) is 86.5 cm³/mol. The van der Waals surface area contributed by atoms with Gasteiger partial charge in [0.2, 0.25) is 11.8 Å². The highest BCUT2D eigenvalue weighted by atomic mass is 16.2. The molecule has 0 radical (unpaired) electrons. The number of carbonyl (C=O) groups is 2. The number of carbonyl (C=O) groups excluding carboxylic acids is 2. The standard InChI is InChI=1S/C17H26N4O2/c1-12-9-19-21(10-12)15-3-2-8-20(11-15)17(23)14-6-4-13(5-7-14)16(18)22/h9-10,13-15H,2-8,11H2,1H3,(H2,18,22)/t13?,14?,15-/m1/s1. The Bertz CT molecular complexity index is 575. The molecule has 0 unspecified atom stereocenters. The van der Waals surface area contributed by atoms with Gasteiger partial charge in [0.1, 0.15) is 0 Å². The minimum Gasteiger partial charge on any atom is -0.369 e. The molecule has 1 atom stereocenters. The molecule has 1 aliphatic heterocycles. The number of piperidine rings is 1. The molecule has 2 amide bonds. The van der Waals surface area contributed by atoms with Crippen molar-refractivity contribution in [1.82, 2.24) is 14.7 Å². The zero-order chi connectivity index (χ0) is 16.4. The van der Waals surface area contributed by atoms with E-state index >= 15 is 0 Å². The van der Waals surface area contributed by atoms with Crippen LogP contribution in [-0.4, -0.2) is 39.6 Å². The molecule has 2 heterocycles. The Hall–Kier alpha value is -1.85. The lowest BCUT2D eigenvalue weighted by Crippen LogP contribution is -2.44. The van der Waals surface area contributed by atoms with Gasteiger partial charge in [-0.3, -0.25) is 14.3 Å². The number of rotatable bonds is 3. The molecule has 1 aromatic rings. The summed E-state index contributed by atoms with van der Waals surface area (Å²) in [5, 5.41) is 4.40. The third-order valence-corrected chi connectivity index (χ3v) is 5.29. The molecule has 0 bridgehead atoms. The van der Waals surface area contributed by atoms with Crippen molar-refractivity contribution in [2.45, 2.75) is 51.5 Å². The number of likely N-dealkylation sites (tertiary alicyclic amines) is 1. The summed E-state index contributed by atoms with van der Waals surface area (Å²) in [6, 6.07) is 0.281. The van der Waals surface area contributed by atoms with Crippen molar-refractivity contribution in [3.63, 3.8) is 0 Å². The van der Waals surface area contributed by atoms with Crippen LogP contribution in [0.25, 0.3) is 0 Å². The molecule has 1 aromatic heterocycles. The monoisotopic (exact) mass is 318 g/mol. The van der Waals surface area contributed by atoms with Crippen LogP contribution in [0.2, 0.25) is 0 Å². The fourth-order valence-corrected chi connectivity index (χ4v) is 3.89. The molecule has 0 spiro atoms. The fourth-order valence-electron chi connectivity index (χ4n) is 3.89. The molecule has 6 nitrogen and oxygen atoms in total. The summed E-state index contributed by atoms with van der Waals surface area (Å²) in [5.74, 6) is 0.0494. The highest BCUT2D eigenvalue weighted by Gasteiger charge is 2.33. The molecule has 0 aromatic carbocycles. The van der Waals surface area contributed by atoms with Crippen molar-refractivity contribution < 1.29 is 9.59 Å². The molecule has 3 rings (SSSR count). The zero-order valence-electron chi connectivity index (χ0n) is 13.8. The lowest BCUT2D eigenvalue weighted by Gasteiger charge is -2.36. The maximum Gasteiger partial charge on any atom is 0.225 e. The van der Waals surface area contributed by atoms with Crippen LogP contribution in [0, 0.1) is 18.8 Å². The molecule has 126 valence electrons. The molecule has 2 N–H and O–H groups in total. The van der Waals surface area contributed by atoms with Gasteiger partial charge in [0.15, 0.2) is 0 Å². The summed E-state index contributed by atoms with van der Waals surface area (Å²) in [6.45, 7) is 3.62. The first-order valence-electron chi connectivity index (χ1n) is 8.63. The molecule has 1 aliphatic carbocycles. The average Bonchev–Trinajstić information content (AvgIpc) is 3.01. The van der Waals surface area contributed by atoms with E-state index in [1.54, 1.807) is 0 Å². The van der Waals surface area contributed by atoms with E-state index in [2.05, 4.69) is 11.3 Å². The van der Waals surface area contributed by atoms with Gasteiger partial charge >= 0.3 is 0 Å². The Labute approximate surface area is 137 Å². The summed E-state index contributed by atoms with van der Waals surface area (Å²) >= 11 is 0. The highest BCUT2D eigenvalue weighted by molar-refractivity contribution is 5.80. The van der Waals surface area contributed by atoms with Gasteiger partial charge in [-0.15, -0.1) is 0 Å². The maximum absolute atomic E-state index is 12.8. The van der Waals surface area contributed by atoms with E-state index in [0.717, 1.165) is 57.2 Å². The van der Waals surface area contributed by atoms with Crippen LogP contribution >= 0.6 is 0 Å². The Kier molecular flexibility index (Phi) is 4.68. The predicted octanol–water partition coefficient (Wildman–Crippen LogP) is 1.65. The number of aromatic nitrogens is 2. The van der Waals surface area contributed by atoms with Crippen molar-refractivity contribution in [2.75, 3.05) is 13.1 Å². The molecule has 2 aliphatic rings. The van der Waals surface area contributed by atoms with E-state index in [4.69, 9.17) is 5.73 Å². The average molecular weight is 318 g/mol. The Morgan fingerprint density at radius 2 is 1.87 bits per heavy atom. The Balaban J connectivity index is 1.58. The second-order valence-corrected chi connectivity index (χ2v) is 7.03. The van der Waals surface area contributed by atoms with Gasteiger partial charge in [0.05, 0.1) is 12.2 Å². The molecule has 6 heteroatoms. The van der Waals surface area contributed by atoms with Crippen LogP contribution in [0.15, 0.2) is 12.4 Å². The maximum atomic E-state index is 12.8. The fraction of sp³-hybridized carbons (Fsp3) is 0.706. The summed E-state index contributed by atoms with van der Waals surface area (Å²) in [6.07, 6.45) is 9.08. The number of primary amides is 1. The first-order chi connectivity index (χ1) is 11.0. The van der Waals surface area contributed by atoms with E-state index in [-0.39, 0.29) is 29.7 Å². The van der Waals surface area contributed by atoms with Crippen molar-refractivity contribution in [1.29, 1.82) is 0 Å². The van der Waals surface area contributed by atoms with Crippen LogP contribution in [0.3, 0.4) is 0 Å². The number of hydrogen-bond donors (Lipinski definition) is 1. The summed E-state index contributed by atoms with van der Waals surface area (Å²) in [5.41, 5.74) is 6.52. The smallest absolute Gasteiger partial charge is 0.225 e. The lowest BCUT2D eigenvalue weighted by atomic mass is 9.81. The zero-order valence-corrected chi connectivity index (χ0v) is 13.8. The van der Waals surface area contributed by atoms with Crippen LogP contribution in [0.5, 0.6) is 0 Å². The second-order valence-electron chi connectivity index (χ2n) is 7.03. The van der Waals surface area contributed by atoms with Crippen molar-refractivity contribution >= 4 is 11.8 Å². The molecule has 23 heavy (non-hydrogen) atoms. The minimum atomic E-state index is -0.219. The molecule has 1 saturated heterocycles. The molecular weight excluding hydrogens is 292 g/mol. The van der Waals surface area contributed by atoms with E-state index in [9.17, 15) is 9.59 Å². The van der Waals surface area contributed by atoms with Gasteiger partial charge < -0.3 is 10.6 Å². The van der Waals surface area contributed by atoms with Crippen molar-refractivity contribution in [3.8, 4) is 0 Å². The SMILES string of the molecule is Cc1cnn([C@@H]2CCCN(C(=O)C3CCC(C(N)=O)CC3)C2)c1. The number of hydrogen-bond acceptors (Lipinski definition) is 3. The van der Waals surface area contributed by atoms with Crippen molar-refractivity contribution in [3.05, 3.63) is 18.0 Å². The summed E-state index contributed by atoms with van der Waals surface area (Å²) in [4.78, 5) is 26.0. The first kappa shape index (κ1) is 16.0. The van der Waals surface area contributed by atoms with Gasteiger partial charge in [-0.25, -0.2) is 0 Å². The van der Waals surface area contributed by atoms with Crippen LogP contribution in [0.1, 0.15) is 50.1 Å². The minimum absolute atomic E-state index is 0.0415. The van der Waals surface area contributed by atoms with Gasteiger partial charge in [-0.05, 0) is 51.0 Å². The number of amides is 2. The van der Waals surface area contributed by atoms with E-state index in [1.165, 1.54) is 0 Å². The van der Waals surface area contributed by atoms with E-state index in [1.807, 2.05) is 22.7 Å². The highest BCUT2D eigenvalue weighted by Crippen LogP contribution is 2.31. The van der Waals surface area contributed by atoms with Crippen molar-refractivity contribution in [2.24, 2.45) is 17.6 Å². The van der Waals surface area contributed by atoms with Gasteiger partial charge in [-0.1, -0.05) is 0 Å². The van der Waals surface area contributed by atoms with E-state index in [0.29, 0.717) is 0 Å². The van der Waals surface area contributed by atoms with Crippen LogP contribution < -0.4 is 5.73 Å². The number of nitrogens with zero attached hydrogens (tertiary/aromatic N) is 3. The Morgan fingerprint density at radius 1 is 1.17 bits per heavy atom. The number of aryl methyl sites for hydroxylation is 1. The van der Waals surface area contributed by atoms with E-state index < -0.39 is 0 Å². The van der Waals surface area contributed by atoms with Gasteiger partial charge in [0, 0.05) is 31.1 Å².